The summed E-state index contributed by atoms with van der Waals surface area (Å²) >= 11 is 5.59. The van der Waals surface area contributed by atoms with E-state index in [4.69, 9.17) is 16.2 Å². The molecule has 1 aromatic carbocycles. The fourth-order valence-electron chi connectivity index (χ4n) is 2.16. The summed E-state index contributed by atoms with van der Waals surface area (Å²) in [5, 5.41) is 9.45. The highest BCUT2D eigenvalue weighted by molar-refractivity contribution is 14.1. The summed E-state index contributed by atoms with van der Waals surface area (Å²) in [5.74, 6) is -1.49. The Hall–Kier alpha value is -0.420. The number of carbonyl (C=O) groups is 3. The summed E-state index contributed by atoms with van der Waals surface area (Å²) in [6.45, 7) is -0.326. The molecule has 23 heavy (non-hydrogen) atoms. The molecular weight excluding hydrogens is 647 g/mol. The van der Waals surface area contributed by atoms with Crippen LogP contribution in [0.15, 0.2) is 0 Å². The van der Waals surface area contributed by atoms with Gasteiger partial charge in [-0.2, -0.15) is 0 Å². The van der Waals surface area contributed by atoms with Gasteiger partial charge < -0.3 is 21.3 Å². The van der Waals surface area contributed by atoms with Crippen molar-refractivity contribution < 1.29 is 24.2 Å². The number of nitrogens with two attached hydrogens (primary N) is 2. The van der Waals surface area contributed by atoms with Crippen molar-refractivity contribution in [3.8, 4) is 0 Å². The molecule has 1 aliphatic heterocycles. The molecule has 3 amide bonds. The number of hydrogen-bond donors (Lipinski definition) is 3. The number of primary amides is 2. The monoisotopic (exact) mass is 657 g/mol. The van der Waals surface area contributed by atoms with Crippen molar-refractivity contribution in [2.24, 2.45) is 11.5 Å². The van der Waals surface area contributed by atoms with Gasteiger partial charge in [0, 0.05) is 3.57 Å². The number of hydrogen-bond acceptors (Lipinski definition) is 5. The van der Waals surface area contributed by atoms with Gasteiger partial charge in [0.2, 0.25) is 0 Å². The first kappa shape index (κ1) is 18.9. The Labute approximate surface area is 171 Å². The van der Waals surface area contributed by atoms with Gasteiger partial charge in [-0.25, -0.2) is 4.79 Å². The third-order valence-corrected chi connectivity index (χ3v) is 6.38. The zero-order valence-electron chi connectivity index (χ0n) is 11.3. The molecule has 124 valence electrons. The normalized spacial score (nSPS) is 17.3. The van der Waals surface area contributed by atoms with Crippen LogP contribution in [0.25, 0.3) is 0 Å². The lowest BCUT2D eigenvalue weighted by Gasteiger charge is -2.25. The number of amides is 3. The Balaban J connectivity index is 2.85. The smallest absolute Gasteiger partial charge is 0.414 e. The van der Waals surface area contributed by atoms with Crippen molar-refractivity contribution in [2.75, 3.05) is 18.1 Å². The van der Waals surface area contributed by atoms with Crippen molar-refractivity contribution >= 4 is 91.4 Å². The van der Waals surface area contributed by atoms with Crippen LogP contribution in [0.1, 0.15) is 20.7 Å². The number of aliphatic hydroxyl groups is 1. The van der Waals surface area contributed by atoms with E-state index in [0.717, 1.165) is 0 Å². The number of cyclic esters (lactones) is 1. The Kier molecular flexibility index (Phi) is 5.94. The van der Waals surface area contributed by atoms with E-state index in [-0.39, 0.29) is 30.0 Å². The van der Waals surface area contributed by atoms with Crippen molar-refractivity contribution in [2.45, 2.75) is 6.04 Å². The van der Waals surface area contributed by atoms with Crippen LogP contribution in [-0.2, 0) is 4.74 Å². The van der Waals surface area contributed by atoms with Crippen LogP contribution < -0.4 is 16.4 Å². The second-order valence-corrected chi connectivity index (χ2v) is 7.79. The minimum Gasteiger partial charge on any atom is -0.447 e. The van der Waals surface area contributed by atoms with Crippen LogP contribution in [0.2, 0.25) is 0 Å². The van der Waals surface area contributed by atoms with E-state index in [2.05, 4.69) is 0 Å². The van der Waals surface area contributed by atoms with Crippen LogP contribution in [0.4, 0.5) is 10.5 Å². The first-order valence-corrected chi connectivity index (χ1v) is 9.32. The molecule has 1 atom stereocenters. The molecule has 0 aromatic heterocycles. The average molecular weight is 657 g/mol. The van der Waals surface area contributed by atoms with Crippen LogP contribution in [0.5, 0.6) is 0 Å². The summed E-state index contributed by atoms with van der Waals surface area (Å²) in [6.07, 6.45) is -0.674. The lowest BCUT2D eigenvalue weighted by atomic mass is 10.1. The third kappa shape index (κ3) is 3.23. The second kappa shape index (κ2) is 7.22. The molecule has 5 N–H and O–H groups in total. The average Bonchev–Trinajstić information content (AvgIpc) is 2.79. The number of benzene rings is 1. The standard InChI is InChI=1S/C12H10I3N3O5/c13-6-4(10(16)20)7(14)9(8(15)5(6)11(17)21)18-3(1-19)2-23-12(18)22/h3,19H,1-2H2,(H2,16,20)(H2,17,21)/t3-/m1/s1. The van der Waals surface area contributed by atoms with Crippen LogP contribution >= 0.6 is 67.8 Å². The van der Waals surface area contributed by atoms with E-state index in [9.17, 15) is 19.5 Å². The molecule has 0 saturated carbocycles. The van der Waals surface area contributed by atoms with Gasteiger partial charge in [-0.1, -0.05) is 0 Å². The van der Waals surface area contributed by atoms with Crippen molar-refractivity contribution in [1.29, 1.82) is 0 Å². The predicted molar refractivity (Wildman–Crippen MR) is 106 cm³/mol. The Bertz CT molecular complexity index is 683. The highest BCUT2D eigenvalue weighted by Crippen LogP contribution is 2.39. The van der Waals surface area contributed by atoms with Crippen molar-refractivity contribution in [3.63, 3.8) is 0 Å². The fourth-order valence-corrected chi connectivity index (χ4v) is 6.91. The van der Waals surface area contributed by atoms with Crippen LogP contribution in [-0.4, -0.2) is 42.3 Å². The van der Waals surface area contributed by atoms with Gasteiger partial charge in [0.15, 0.2) is 0 Å². The lowest BCUT2D eigenvalue weighted by molar-refractivity contribution is 0.0998. The van der Waals surface area contributed by atoms with Crippen LogP contribution in [0, 0.1) is 10.7 Å². The number of halogens is 3. The summed E-state index contributed by atoms with van der Waals surface area (Å²) in [6, 6.07) is -0.619. The van der Waals surface area contributed by atoms with Gasteiger partial charge in [0.1, 0.15) is 6.61 Å². The first-order valence-electron chi connectivity index (χ1n) is 6.09. The molecule has 2 rings (SSSR count). The maximum absolute atomic E-state index is 12.0. The summed E-state index contributed by atoms with van der Waals surface area (Å²) in [4.78, 5) is 36.9. The minimum absolute atomic E-state index is 0.00525. The van der Waals surface area contributed by atoms with E-state index in [0.29, 0.717) is 10.7 Å². The summed E-state index contributed by atoms with van der Waals surface area (Å²) in [7, 11) is 0. The zero-order valence-corrected chi connectivity index (χ0v) is 17.8. The van der Waals surface area contributed by atoms with E-state index >= 15 is 0 Å². The van der Waals surface area contributed by atoms with Gasteiger partial charge in [-0.3, -0.25) is 14.5 Å². The number of aliphatic hydroxyl groups excluding tert-OH is 1. The Morgan fingerprint density at radius 2 is 1.61 bits per heavy atom. The number of ether oxygens (including phenoxy) is 1. The van der Waals surface area contributed by atoms with Gasteiger partial charge in [0.05, 0.1) is 36.6 Å². The van der Waals surface area contributed by atoms with Crippen molar-refractivity contribution in [3.05, 3.63) is 21.8 Å². The molecule has 1 fully saturated rings. The fraction of sp³-hybridized carbons (Fsp3) is 0.250. The quantitative estimate of drug-likeness (QED) is 0.416. The summed E-state index contributed by atoms with van der Waals surface area (Å²) in [5.41, 5.74) is 11.3. The highest BCUT2D eigenvalue weighted by Gasteiger charge is 2.39. The minimum atomic E-state index is -0.743. The van der Waals surface area contributed by atoms with E-state index < -0.39 is 23.9 Å². The maximum Gasteiger partial charge on any atom is 0.414 e. The molecule has 1 aromatic rings. The van der Waals surface area contributed by atoms with E-state index in [1.165, 1.54) is 4.90 Å². The first-order chi connectivity index (χ1) is 10.7. The van der Waals surface area contributed by atoms with Gasteiger partial charge in [0.25, 0.3) is 11.8 Å². The highest BCUT2D eigenvalue weighted by atomic mass is 127. The molecule has 0 bridgehead atoms. The van der Waals surface area contributed by atoms with Crippen LogP contribution in [0.3, 0.4) is 0 Å². The molecule has 11 heteroatoms. The Morgan fingerprint density at radius 1 is 1.13 bits per heavy atom. The molecular formula is C12H10I3N3O5. The van der Waals surface area contributed by atoms with Gasteiger partial charge in [-0.15, -0.1) is 0 Å². The van der Waals surface area contributed by atoms with E-state index in [1.54, 1.807) is 0 Å². The van der Waals surface area contributed by atoms with E-state index in [1.807, 2.05) is 67.8 Å². The lowest BCUT2D eigenvalue weighted by Crippen LogP contribution is -2.38. The molecule has 8 nitrogen and oxygen atoms in total. The molecule has 1 aliphatic rings. The molecule has 0 radical (unpaired) electrons. The SMILES string of the molecule is NC(=O)c1c(I)c(C(N)=O)c(I)c(N2C(=O)OC[C@H]2CO)c1I. The third-order valence-electron chi connectivity index (χ3n) is 3.20. The molecule has 0 spiro atoms. The molecule has 0 aliphatic carbocycles. The maximum atomic E-state index is 12.0. The van der Waals surface area contributed by atoms with Gasteiger partial charge in [-0.05, 0) is 67.8 Å². The molecule has 1 saturated heterocycles. The topological polar surface area (TPSA) is 136 Å². The largest absolute Gasteiger partial charge is 0.447 e. The predicted octanol–water partition coefficient (Wildman–Crippen LogP) is 1.02. The molecule has 1 heterocycles. The van der Waals surface area contributed by atoms with Gasteiger partial charge >= 0.3 is 6.09 Å². The number of nitrogens with zero attached hydrogens (tertiary/aromatic N) is 1. The number of anilines is 1. The number of rotatable bonds is 4. The van der Waals surface area contributed by atoms with Crippen molar-refractivity contribution in [1.82, 2.24) is 0 Å². The number of carbonyl (C=O) groups excluding carboxylic acids is 3. The molecule has 0 unspecified atom stereocenters. The second-order valence-electron chi connectivity index (χ2n) is 4.55. The zero-order chi connectivity index (χ0) is 17.5. The Morgan fingerprint density at radius 3 is 2.00 bits per heavy atom. The summed E-state index contributed by atoms with van der Waals surface area (Å²) < 4.78 is 6.07.